The molecule has 1 aromatic carbocycles. The molecule has 1 aromatic heterocycles. The van der Waals surface area contributed by atoms with Crippen LogP contribution in [0.15, 0.2) is 35.7 Å². The standard InChI is InChI=1S/C15H14ClNO2S.C3H6O2/c16-12-4-2-1-3-11(12)14(15(18)19)17-7-5-13-10(9-17)6-8-20-13;1-3(4)5-2/h1-4,6,8,14H,5,7,9H2,(H,18,19);1-2H3. The first-order valence-corrected chi connectivity index (χ1v) is 9.01. The van der Waals surface area contributed by atoms with Crippen molar-refractivity contribution in [2.45, 2.75) is 25.9 Å². The third-order valence-corrected chi connectivity index (χ3v) is 5.29. The molecule has 1 aliphatic heterocycles. The van der Waals surface area contributed by atoms with Crippen LogP contribution >= 0.6 is 22.9 Å². The number of fused-ring (bicyclic) bond motifs is 1. The van der Waals surface area contributed by atoms with E-state index in [1.807, 2.05) is 17.0 Å². The molecule has 0 radical (unpaired) electrons. The molecule has 0 spiro atoms. The Bertz CT molecular complexity index is 746. The maximum Gasteiger partial charge on any atom is 0.325 e. The molecule has 1 unspecified atom stereocenters. The summed E-state index contributed by atoms with van der Waals surface area (Å²) >= 11 is 7.92. The average Bonchev–Trinajstić information content (AvgIpc) is 3.05. The summed E-state index contributed by atoms with van der Waals surface area (Å²) in [6.07, 6.45) is 0.904. The van der Waals surface area contributed by atoms with E-state index in [4.69, 9.17) is 11.6 Å². The van der Waals surface area contributed by atoms with Crippen LogP contribution in [0, 0.1) is 0 Å². The van der Waals surface area contributed by atoms with Gasteiger partial charge in [-0.15, -0.1) is 11.3 Å². The van der Waals surface area contributed by atoms with Gasteiger partial charge in [0.25, 0.3) is 0 Å². The number of ether oxygens (including phenoxy) is 1. The van der Waals surface area contributed by atoms with Gasteiger partial charge in [0.2, 0.25) is 0 Å². The van der Waals surface area contributed by atoms with Gasteiger partial charge < -0.3 is 9.84 Å². The van der Waals surface area contributed by atoms with Gasteiger partial charge in [-0.3, -0.25) is 14.5 Å². The quantitative estimate of drug-likeness (QED) is 0.820. The van der Waals surface area contributed by atoms with Crippen molar-refractivity contribution in [1.29, 1.82) is 0 Å². The van der Waals surface area contributed by atoms with E-state index in [2.05, 4.69) is 16.2 Å². The molecule has 5 nitrogen and oxygen atoms in total. The van der Waals surface area contributed by atoms with Crippen LogP contribution in [0.1, 0.15) is 29.0 Å². The van der Waals surface area contributed by atoms with E-state index in [1.54, 1.807) is 23.5 Å². The maximum absolute atomic E-state index is 11.7. The summed E-state index contributed by atoms with van der Waals surface area (Å²) in [5.74, 6) is -1.10. The zero-order chi connectivity index (χ0) is 18.4. The Hall–Kier alpha value is -1.89. The molecule has 0 bridgehead atoms. The van der Waals surface area contributed by atoms with Crippen LogP contribution in [-0.4, -0.2) is 35.6 Å². The molecule has 2 heterocycles. The molecule has 7 heteroatoms. The molecule has 134 valence electrons. The lowest BCUT2D eigenvalue weighted by Gasteiger charge is -2.32. The molecule has 0 aliphatic carbocycles. The second kappa shape index (κ2) is 8.99. The lowest BCUT2D eigenvalue weighted by molar-refractivity contribution is -0.144. The minimum atomic E-state index is -0.850. The number of aliphatic carboxylic acids is 1. The van der Waals surface area contributed by atoms with E-state index < -0.39 is 12.0 Å². The van der Waals surface area contributed by atoms with Gasteiger partial charge >= 0.3 is 11.9 Å². The summed E-state index contributed by atoms with van der Waals surface area (Å²) in [5.41, 5.74) is 1.90. The monoisotopic (exact) mass is 381 g/mol. The van der Waals surface area contributed by atoms with Gasteiger partial charge in [0, 0.05) is 29.9 Å². The van der Waals surface area contributed by atoms with Gasteiger partial charge in [-0.05, 0) is 35.1 Å². The number of nitrogens with zero attached hydrogens (tertiary/aromatic N) is 1. The normalized spacial score (nSPS) is 14.7. The summed E-state index contributed by atoms with van der Waals surface area (Å²) in [6, 6.07) is 8.58. The van der Waals surface area contributed by atoms with Crippen LogP contribution in [0.4, 0.5) is 0 Å². The Kier molecular flexibility index (Phi) is 6.99. The van der Waals surface area contributed by atoms with Crippen molar-refractivity contribution in [2.24, 2.45) is 0 Å². The number of rotatable bonds is 3. The third kappa shape index (κ3) is 5.04. The molecule has 0 saturated carbocycles. The predicted molar refractivity (Wildman–Crippen MR) is 98.0 cm³/mol. The van der Waals surface area contributed by atoms with Crippen molar-refractivity contribution in [3.8, 4) is 0 Å². The Balaban J connectivity index is 0.000000399. The molecule has 0 amide bonds. The Morgan fingerprint density at radius 3 is 2.60 bits per heavy atom. The highest BCUT2D eigenvalue weighted by Gasteiger charge is 2.31. The molecule has 3 rings (SSSR count). The Labute approximate surface area is 155 Å². The van der Waals surface area contributed by atoms with E-state index in [0.717, 1.165) is 13.0 Å². The van der Waals surface area contributed by atoms with E-state index in [-0.39, 0.29) is 5.97 Å². The third-order valence-electron chi connectivity index (χ3n) is 3.92. The SMILES string of the molecule is COC(C)=O.O=C(O)C(c1ccccc1Cl)N1CCc2sccc2C1. The summed E-state index contributed by atoms with van der Waals surface area (Å²) in [5, 5.41) is 12.2. The van der Waals surface area contributed by atoms with Crippen molar-refractivity contribution in [2.75, 3.05) is 13.7 Å². The number of thiophene rings is 1. The maximum atomic E-state index is 11.7. The van der Waals surface area contributed by atoms with E-state index in [0.29, 0.717) is 17.1 Å². The van der Waals surface area contributed by atoms with Crippen molar-refractivity contribution >= 4 is 34.9 Å². The molecule has 2 aromatic rings. The van der Waals surface area contributed by atoms with E-state index in [1.165, 1.54) is 24.5 Å². The van der Waals surface area contributed by atoms with Crippen LogP contribution in [0.5, 0.6) is 0 Å². The van der Waals surface area contributed by atoms with Crippen molar-refractivity contribution in [3.05, 3.63) is 56.7 Å². The molecular weight excluding hydrogens is 362 g/mol. The number of halogens is 1. The minimum absolute atomic E-state index is 0.245. The summed E-state index contributed by atoms with van der Waals surface area (Å²) in [4.78, 5) is 24.6. The van der Waals surface area contributed by atoms with Gasteiger partial charge in [0.15, 0.2) is 0 Å². The topological polar surface area (TPSA) is 66.8 Å². The lowest BCUT2D eigenvalue weighted by Crippen LogP contribution is -2.37. The van der Waals surface area contributed by atoms with Crippen LogP contribution in [-0.2, 0) is 27.3 Å². The highest BCUT2D eigenvalue weighted by atomic mass is 35.5. The molecule has 1 aliphatic rings. The van der Waals surface area contributed by atoms with Crippen LogP contribution in [0.3, 0.4) is 0 Å². The molecule has 0 saturated heterocycles. The van der Waals surface area contributed by atoms with E-state index >= 15 is 0 Å². The van der Waals surface area contributed by atoms with Crippen molar-refractivity contribution < 1.29 is 19.4 Å². The fraction of sp³-hybridized carbons (Fsp3) is 0.333. The second-order valence-electron chi connectivity index (χ2n) is 5.55. The number of benzene rings is 1. The van der Waals surface area contributed by atoms with Crippen molar-refractivity contribution in [1.82, 2.24) is 4.90 Å². The summed E-state index contributed by atoms with van der Waals surface area (Å²) in [7, 11) is 1.35. The van der Waals surface area contributed by atoms with Crippen LogP contribution < -0.4 is 0 Å². The van der Waals surface area contributed by atoms with Gasteiger partial charge in [-0.25, -0.2) is 0 Å². The molecular formula is C18H20ClNO4S. The lowest BCUT2D eigenvalue weighted by atomic mass is 10.0. The number of hydrogen-bond acceptors (Lipinski definition) is 5. The summed E-state index contributed by atoms with van der Waals surface area (Å²) in [6.45, 7) is 2.77. The predicted octanol–water partition coefficient (Wildman–Crippen LogP) is 3.76. The molecule has 0 fully saturated rings. The fourth-order valence-electron chi connectivity index (χ4n) is 2.67. The largest absolute Gasteiger partial charge is 0.480 e. The first-order chi connectivity index (χ1) is 11.9. The number of hydrogen-bond donors (Lipinski definition) is 1. The smallest absolute Gasteiger partial charge is 0.325 e. The number of esters is 1. The Morgan fingerprint density at radius 1 is 1.32 bits per heavy atom. The van der Waals surface area contributed by atoms with Crippen LogP contribution in [0.2, 0.25) is 5.02 Å². The number of carbonyl (C=O) groups is 2. The number of carboxylic acids is 1. The Morgan fingerprint density at radius 2 is 2.00 bits per heavy atom. The summed E-state index contributed by atoms with van der Waals surface area (Å²) < 4.78 is 4.11. The number of carboxylic acid groups (broad SMARTS) is 1. The second-order valence-corrected chi connectivity index (χ2v) is 6.96. The minimum Gasteiger partial charge on any atom is -0.480 e. The fourth-order valence-corrected chi connectivity index (χ4v) is 3.80. The van der Waals surface area contributed by atoms with Gasteiger partial charge in [-0.1, -0.05) is 29.8 Å². The highest BCUT2D eigenvalue weighted by Crippen LogP contribution is 2.33. The molecule has 1 atom stereocenters. The average molecular weight is 382 g/mol. The van der Waals surface area contributed by atoms with Gasteiger partial charge in [-0.2, -0.15) is 0 Å². The number of methoxy groups -OCH3 is 1. The van der Waals surface area contributed by atoms with Crippen molar-refractivity contribution in [3.63, 3.8) is 0 Å². The van der Waals surface area contributed by atoms with Gasteiger partial charge in [0.1, 0.15) is 6.04 Å². The molecule has 1 N–H and O–H groups in total. The zero-order valence-corrected chi connectivity index (χ0v) is 15.6. The first kappa shape index (κ1) is 19.4. The van der Waals surface area contributed by atoms with E-state index in [9.17, 15) is 14.7 Å². The molecule has 25 heavy (non-hydrogen) atoms. The highest BCUT2D eigenvalue weighted by molar-refractivity contribution is 7.10. The van der Waals surface area contributed by atoms with Crippen LogP contribution in [0.25, 0.3) is 0 Å². The zero-order valence-electron chi connectivity index (χ0n) is 14.1. The van der Waals surface area contributed by atoms with Gasteiger partial charge in [0.05, 0.1) is 7.11 Å². The first-order valence-electron chi connectivity index (χ1n) is 7.75. The number of carbonyl (C=O) groups excluding carboxylic acids is 1.